The lowest BCUT2D eigenvalue weighted by Crippen LogP contribution is -2.28. The summed E-state index contributed by atoms with van der Waals surface area (Å²) in [5.41, 5.74) is -9.90. The summed E-state index contributed by atoms with van der Waals surface area (Å²) < 4.78 is 300. The van der Waals surface area contributed by atoms with Gasteiger partial charge in [-0.15, -0.1) is 11.3 Å². The maximum Gasteiger partial charge on any atom is 0.0714 e. The second-order valence-electron chi connectivity index (χ2n) is 14.7. The van der Waals surface area contributed by atoms with Crippen LogP contribution in [0.1, 0.15) is 66.1 Å². The van der Waals surface area contributed by atoms with Crippen molar-refractivity contribution in [1.82, 2.24) is 0 Å². The van der Waals surface area contributed by atoms with Gasteiger partial charge in [-0.25, -0.2) is 0 Å². The second-order valence-corrected chi connectivity index (χ2v) is 15.7. The molecule has 0 bridgehead atoms. The van der Waals surface area contributed by atoms with Crippen molar-refractivity contribution in [2.45, 2.75) is 5.41 Å². The molecule has 0 unspecified atom stereocenters. The van der Waals surface area contributed by atoms with Gasteiger partial charge < -0.3 is 4.90 Å². The first-order chi connectivity index (χ1) is 45.5. The van der Waals surface area contributed by atoms with Crippen LogP contribution in [0, 0.1) is 0 Å². The molecule has 1 aliphatic rings. The maximum atomic E-state index is 10.7. The smallest absolute Gasteiger partial charge is 0.0714 e. The lowest BCUT2D eigenvalue weighted by atomic mass is 9.67. The Morgan fingerprint density at radius 2 is 1.08 bits per heavy atom. The van der Waals surface area contributed by atoms with Crippen LogP contribution in [0.5, 0.6) is 0 Å². The fourth-order valence-electron chi connectivity index (χ4n) is 8.79. The number of hydrogen-bond donors (Lipinski definition) is 0. The molecule has 0 fully saturated rings. The van der Waals surface area contributed by atoms with E-state index < -0.39 is 270 Å². The highest BCUT2D eigenvalue weighted by Crippen LogP contribution is 2.58. The summed E-state index contributed by atoms with van der Waals surface area (Å²) in [6.07, 6.45) is 0. The first-order valence-corrected chi connectivity index (χ1v) is 20.6. The monoisotopic (exact) mass is 875 g/mol. The van der Waals surface area contributed by atoms with E-state index in [-0.39, 0.29) is 42.8 Å². The highest BCUT2D eigenvalue weighted by atomic mass is 32.1. The van der Waals surface area contributed by atoms with Gasteiger partial charge in [0.15, 0.2) is 0 Å². The zero-order valence-corrected chi connectivity index (χ0v) is 33.9. The molecule has 65 heavy (non-hydrogen) atoms. The molecule has 0 aliphatic heterocycles. The third-order valence-corrected chi connectivity index (χ3v) is 12.5. The highest BCUT2D eigenvalue weighted by Gasteiger charge is 2.46. The fraction of sp³-hybridized carbons (Fsp3) is 0.0159. The van der Waals surface area contributed by atoms with Gasteiger partial charge in [0, 0.05) is 31.5 Å². The summed E-state index contributed by atoms with van der Waals surface area (Å²) in [4.78, 5) is 0.695. The van der Waals surface area contributed by atoms with Gasteiger partial charge in [-0.3, -0.25) is 0 Å². The van der Waals surface area contributed by atoms with Crippen molar-refractivity contribution in [3.8, 4) is 33.4 Å². The van der Waals surface area contributed by atoms with Crippen LogP contribution in [0.25, 0.3) is 75.1 Å². The maximum absolute atomic E-state index is 10.7. The summed E-state index contributed by atoms with van der Waals surface area (Å²) in [6.45, 7) is 0. The third-order valence-electron chi connectivity index (χ3n) is 11.4. The highest BCUT2D eigenvalue weighted by molar-refractivity contribution is 7.26. The van der Waals surface area contributed by atoms with Crippen molar-refractivity contribution in [3.63, 3.8) is 0 Å². The van der Waals surface area contributed by atoms with Crippen LogP contribution >= 0.6 is 11.3 Å². The number of anilines is 3. The van der Waals surface area contributed by atoms with Gasteiger partial charge in [-0.1, -0.05) is 206 Å². The van der Waals surface area contributed by atoms with Crippen LogP contribution in [0.4, 0.5) is 17.1 Å². The molecule has 0 N–H and O–H groups in total. The quantitative estimate of drug-likeness (QED) is 0.154. The molecule has 2 heteroatoms. The minimum absolute atomic E-state index is 0.116. The van der Waals surface area contributed by atoms with Crippen molar-refractivity contribution in [3.05, 3.63) is 270 Å². The molecule has 0 radical (unpaired) electrons. The first-order valence-electron chi connectivity index (χ1n) is 35.8. The standard InChI is InChI=1S/C63H41NS/c1-3-22-45(23-4-1)63(46-24-5-2-6-25-46)56-32-13-11-29-52(56)53-39-37-48(41-57(53)63)64(58-33-17-35-60-62(58)55-30-12-14-34-59(55)65-60)47-26-15-21-44(40-47)51-38-36-43-19-8-10-28-50(43)61(51)54-31-16-20-42-18-7-9-27-49(42)54/h1-41H/i1D,2D,3D,5D,7D,8D,9D,10D,11D,12D,14D,15D,16D,17D,18D,19D,20D,21D,22D,24D,26D,29D,30D,31D,33D,34D,35D,36D,37D,38D,39D,40D. The van der Waals surface area contributed by atoms with E-state index in [1.165, 1.54) is 24.3 Å². The summed E-state index contributed by atoms with van der Waals surface area (Å²) >= 11 is 0.556. The van der Waals surface area contributed by atoms with Gasteiger partial charge in [0.25, 0.3) is 0 Å². The molecule has 0 atom stereocenters. The molecule has 1 heterocycles. The molecule has 0 amide bonds. The van der Waals surface area contributed by atoms with Crippen molar-refractivity contribution in [2.75, 3.05) is 4.90 Å². The van der Waals surface area contributed by atoms with Crippen molar-refractivity contribution in [2.24, 2.45) is 0 Å². The zero-order chi connectivity index (χ0) is 70.7. The summed E-state index contributed by atoms with van der Waals surface area (Å²) in [5.74, 6) is 0. The van der Waals surface area contributed by atoms with Gasteiger partial charge >= 0.3 is 0 Å². The fourth-order valence-corrected chi connectivity index (χ4v) is 9.76. The number of fused-ring (bicyclic) bond motifs is 8. The first kappa shape index (κ1) is 17.5. The lowest BCUT2D eigenvalue weighted by molar-refractivity contribution is 0.768. The molecule has 304 valence electrons. The SMILES string of the molecule is [2H]c1ccc(C2(c3ccc([2H])c([2H])c3[2H])c3ccc([2H])c([2H])c3-c3c2cc(N(c2c([2H])c([2H])c([2H])c(-c4c([2H])c([2H])c5c([2H])c([2H])c([2H])cc5c4-c4c([2H])c([2H])c([2H])c5c([2H])c([2H])c([2H])cc45)c2[2H])c2c([2H])c([2H])c([2H])c4sc5c([2H])c([2H])c([2H])c([2H])c5c24)c([2H])c3[2H])c([2H])c1[2H]. The van der Waals surface area contributed by atoms with Gasteiger partial charge in [0.05, 0.1) is 55.0 Å². The Bertz CT molecular complexity index is 5640. The molecule has 12 aromatic rings. The number of nitrogens with zero attached hydrogens (tertiary/aromatic N) is 1. The number of hydrogen-bond acceptors (Lipinski definition) is 2. The Morgan fingerprint density at radius 1 is 0.415 bits per heavy atom. The molecular weight excluding hydrogens is 803 g/mol. The molecule has 1 aliphatic carbocycles. The van der Waals surface area contributed by atoms with E-state index in [9.17, 15) is 21.9 Å². The normalized spacial score (nSPS) is 19.6. The Morgan fingerprint density at radius 3 is 1.94 bits per heavy atom. The summed E-state index contributed by atoms with van der Waals surface area (Å²) in [5, 5.41) is -2.93. The van der Waals surface area contributed by atoms with E-state index in [2.05, 4.69) is 0 Å². The Balaban J connectivity index is 1.31. The summed E-state index contributed by atoms with van der Waals surface area (Å²) in [7, 11) is 0. The minimum Gasteiger partial charge on any atom is -0.310 e. The van der Waals surface area contributed by atoms with Crippen LogP contribution in [0.15, 0.2) is 248 Å². The largest absolute Gasteiger partial charge is 0.310 e. The van der Waals surface area contributed by atoms with Crippen molar-refractivity contribution in [1.29, 1.82) is 0 Å². The minimum atomic E-state index is -2.42. The van der Waals surface area contributed by atoms with Gasteiger partial charge in [-0.2, -0.15) is 0 Å². The number of rotatable bonds is 7. The van der Waals surface area contributed by atoms with Crippen LogP contribution in [0.3, 0.4) is 0 Å². The number of benzene rings is 11. The van der Waals surface area contributed by atoms with E-state index in [1.54, 1.807) is 0 Å². The van der Waals surface area contributed by atoms with Gasteiger partial charge in [0.1, 0.15) is 0 Å². The Kier molecular flexibility index (Phi) is 4.05. The van der Waals surface area contributed by atoms with Crippen LogP contribution in [-0.4, -0.2) is 0 Å². The molecule has 0 saturated carbocycles. The molecular formula is C63H41NS. The van der Waals surface area contributed by atoms with Crippen molar-refractivity contribution >= 4 is 70.1 Å². The average molecular weight is 876 g/mol. The zero-order valence-electron chi connectivity index (χ0n) is 65.1. The molecule has 0 spiro atoms. The van der Waals surface area contributed by atoms with E-state index >= 15 is 0 Å². The molecule has 13 rings (SSSR count). The Hall–Kier alpha value is -8.04. The second kappa shape index (κ2) is 15.1. The van der Waals surface area contributed by atoms with Crippen LogP contribution in [0.2, 0.25) is 0 Å². The molecule has 11 aromatic carbocycles. The van der Waals surface area contributed by atoms with E-state index in [1.807, 2.05) is 0 Å². The van der Waals surface area contributed by atoms with Crippen LogP contribution in [-0.2, 0) is 5.41 Å². The molecule has 1 nitrogen and oxygen atoms in total. The Labute approximate surface area is 427 Å². The van der Waals surface area contributed by atoms with E-state index in [0.29, 0.717) is 16.2 Å². The van der Waals surface area contributed by atoms with Crippen molar-refractivity contribution < 1.29 is 43.9 Å². The molecule has 0 saturated heterocycles. The third kappa shape index (κ3) is 5.78. The predicted molar refractivity (Wildman–Crippen MR) is 277 cm³/mol. The van der Waals surface area contributed by atoms with Gasteiger partial charge in [-0.05, 0) is 120 Å². The average Bonchev–Trinajstić information content (AvgIpc) is 1.52. The molecule has 1 aromatic heterocycles. The number of thiophene rings is 1. The predicted octanol–water partition coefficient (Wildman–Crippen LogP) is 17.5. The van der Waals surface area contributed by atoms with E-state index in [4.69, 9.17) is 21.9 Å². The van der Waals surface area contributed by atoms with E-state index in [0.717, 1.165) is 30.3 Å². The topological polar surface area (TPSA) is 3.24 Å². The van der Waals surface area contributed by atoms with Crippen LogP contribution < -0.4 is 4.90 Å². The van der Waals surface area contributed by atoms with Gasteiger partial charge in [0.2, 0.25) is 0 Å². The lowest BCUT2D eigenvalue weighted by Gasteiger charge is -2.35. The summed E-state index contributed by atoms with van der Waals surface area (Å²) in [6, 6.07) is -16.5.